The molecule has 5 aliphatic rings. The Hall–Kier alpha value is -6.83. The van der Waals surface area contributed by atoms with Crippen molar-refractivity contribution in [3.8, 4) is 0 Å². The van der Waals surface area contributed by atoms with Crippen molar-refractivity contribution in [1.82, 2.24) is 4.90 Å². The number of nitrogens with zero attached hydrogens (tertiary/aromatic N) is 2. The van der Waals surface area contributed by atoms with Crippen LogP contribution in [0.2, 0.25) is 0 Å². The molecule has 0 spiro atoms. The number of rotatable bonds is 7. The third-order valence-electron chi connectivity index (χ3n) is 15.1. The fraction of sp³-hybridized carbons (Fsp3) is 0.491. The summed E-state index contributed by atoms with van der Waals surface area (Å²) in [6.07, 6.45) is -8.12. The van der Waals surface area contributed by atoms with Gasteiger partial charge >= 0.3 is 30.2 Å². The number of non-ortho nitro benzene ring substituents is 1. The van der Waals surface area contributed by atoms with Crippen LogP contribution in [0.5, 0.6) is 0 Å². The van der Waals surface area contributed by atoms with Gasteiger partial charge in [-0.3, -0.25) is 24.5 Å². The number of nitro benzene ring substituents is 1. The molecule has 19 heteroatoms. The molecule has 384 valence electrons. The molecule has 2 aliphatic heterocycles. The minimum absolute atomic E-state index is 0.112. The van der Waals surface area contributed by atoms with Gasteiger partial charge in [0.25, 0.3) is 5.69 Å². The minimum Gasteiger partial charge on any atom is -0.455 e. The first-order chi connectivity index (χ1) is 33.6. The van der Waals surface area contributed by atoms with Crippen LogP contribution < -0.4 is 0 Å². The molecule has 2 bridgehead atoms. The molecular formula is C53H60N2O17. The van der Waals surface area contributed by atoms with Crippen LogP contribution in [0.25, 0.3) is 0 Å². The molecule has 2 heterocycles. The number of amides is 2. The number of esters is 3. The highest BCUT2D eigenvalue weighted by molar-refractivity contribution is 6.00. The van der Waals surface area contributed by atoms with Gasteiger partial charge < -0.3 is 38.6 Å². The summed E-state index contributed by atoms with van der Waals surface area (Å²) in [6.45, 7) is 16.2. The summed E-state index contributed by atoms with van der Waals surface area (Å²) in [7, 11) is 0. The van der Waals surface area contributed by atoms with Gasteiger partial charge in [-0.05, 0) is 75.6 Å². The van der Waals surface area contributed by atoms with Crippen LogP contribution in [0, 0.1) is 38.7 Å². The van der Waals surface area contributed by atoms with E-state index >= 15 is 4.79 Å². The lowest BCUT2D eigenvalue weighted by atomic mass is 9.43. The second kappa shape index (κ2) is 19.3. The van der Waals surface area contributed by atoms with Crippen LogP contribution in [-0.2, 0) is 42.8 Å². The number of ketones is 1. The maximum absolute atomic E-state index is 15.3. The summed E-state index contributed by atoms with van der Waals surface area (Å²) >= 11 is 0. The van der Waals surface area contributed by atoms with Gasteiger partial charge in [0.1, 0.15) is 35.3 Å². The highest BCUT2D eigenvalue weighted by Gasteiger charge is 2.78. The first-order valence-corrected chi connectivity index (χ1v) is 23.6. The van der Waals surface area contributed by atoms with Crippen LogP contribution in [-0.4, -0.2) is 110 Å². The predicted molar refractivity (Wildman–Crippen MR) is 253 cm³/mol. The van der Waals surface area contributed by atoms with E-state index < -0.39 is 105 Å². The lowest BCUT2D eigenvalue weighted by Gasteiger charge is -2.67. The zero-order valence-corrected chi connectivity index (χ0v) is 41.7. The van der Waals surface area contributed by atoms with Gasteiger partial charge in [-0.1, -0.05) is 76.2 Å². The number of aliphatic hydroxyl groups is 2. The lowest BCUT2D eigenvalue weighted by molar-refractivity contribution is -0.384. The first-order valence-electron chi connectivity index (χ1n) is 23.6. The third kappa shape index (κ3) is 9.17. The Morgan fingerprint density at radius 3 is 1.99 bits per heavy atom. The van der Waals surface area contributed by atoms with Gasteiger partial charge in [0.05, 0.1) is 52.1 Å². The van der Waals surface area contributed by atoms with E-state index in [1.165, 1.54) is 24.0 Å². The Morgan fingerprint density at radius 1 is 0.861 bits per heavy atom. The number of ether oxygens (including phenoxy) is 6. The van der Waals surface area contributed by atoms with Crippen molar-refractivity contribution in [1.29, 1.82) is 0 Å². The smallest absolute Gasteiger partial charge is 0.455 e. The van der Waals surface area contributed by atoms with Crippen LogP contribution in [0.4, 0.5) is 15.3 Å². The number of nitro groups is 1. The lowest BCUT2D eigenvalue weighted by Crippen LogP contribution is -2.81. The number of carbonyl (C=O) groups excluding carboxylic acids is 7. The molecule has 3 aliphatic carbocycles. The van der Waals surface area contributed by atoms with E-state index in [2.05, 4.69) is 0 Å². The van der Waals surface area contributed by atoms with E-state index in [1.807, 2.05) is 37.3 Å². The first kappa shape index (κ1) is 53.0. The Bertz CT molecular complexity index is 2700. The summed E-state index contributed by atoms with van der Waals surface area (Å²) in [5, 5.41) is 35.6. The zero-order chi connectivity index (χ0) is 53.0. The van der Waals surface area contributed by atoms with Gasteiger partial charge in [-0.15, -0.1) is 0 Å². The van der Waals surface area contributed by atoms with Crippen LogP contribution >= 0.6 is 0 Å². The predicted octanol–water partition coefficient (Wildman–Crippen LogP) is 7.41. The van der Waals surface area contributed by atoms with Crippen molar-refractivity contribution in [2.24, 2.45) is 28.6 Å². The van der Waals surface area contributed by atoms with E-state index in [4.69, 9.17) is 28.4 Å². The van der Waals surface area contributed by atoms with Crippen molar-refractivity contribution in [2.75, 3.05) is 6.61 Å². The molecule has 2 saturated heterocycles. The number of imide groups is 1. The van der Waals surface area contributed by atoms with E-state index in [0.29, 0.717) is 11.1 Å². The Morgan fingerprint density at radius 2 is 1.44 bits per heavy atom. The van der Waals surface area contributed by atoms with Crippen LogP contribution in [0.1, 0.15) is 114 Å². The minimum atomic E-state index is -2.12. The fourth-order valence-corrected chi connectivity index (χ4v) is 11.5. The molecule has 2 N–H and O–H groups in total. The largest absolute Gasteiger partial charge is 0.516 e. The van der Waals surface area contributed by atoms with Crippen molar-refractivity contribution in [3.63, 3.8) is 0 Å². The molecule has 0 radical (unpaired) electrons. The van der Waals surface area contributed by atoms with E-state index in [0.717, 1.165) is 36.8 Å². The Labute approximate surface area is 415 Å². The van der Waals surface area contributed by atoms with E-state index in [9.17, 15) is 49.1 Å². The molecule has 2 amide bonds. The summed E-state index contributed by atoms with van der Waals surface area (Å²) in [4.78, 5) is 104. The van der Waals surface area contributed by atoms with Crippen molar-refractivity contribution < 1.29 is 77.1 Å². The van der Waals surface area contributed by atoms with E-state index in [1.54, 1.807) is 66.7 Å². The molecule has 3 aromatic carbocycles. The molecule has 2 saturated carbocycles. The molecule has 11 atom stereocenters. The highest BCUT2D eigenvalue weighted by Crippen LogP contribution is 2.65. The number of hydrogen-bond acceptors (Lipinski definition) is 17. The van der Waals surface area contributed by atoms with Gasteiger partial charge in [0.15, 0.2) is 5.60 Å². The SMILES string of the molecule is CC(=O)O[C@@]12CO[C@@H]1C[C@H](OC(=O)OC(=O)c1ccc([N+](=O)[O-])cc1)[C@@]1(C)C(=O)[C@H](C)C3=C(C)[C@@H](O)C[C@@](O)([C@@H](OC(=O)c4ccccc4)C12)C3(C)C.C[C@H]1C(=O)N(C(=O)OC(C)(C)C)[C@H]1c1ccccc1. The van der Waals surface area contributed by atoms with Crippen molar-refractivity contribution >= 4 is 47.5 Å². The topological polar surface area (TPSA) is 262 Å². The highest BCUT2D eigenvalue weighted by atomic mass is 16.7. The number of likely N-dealkylation sites (tertiary alicyclic amines) is 1. The molecule has 19 nitrogen and oxygen atoms in total. The van der Waals surface area contributed by atoms with Gasteiger partial charge in [0, 0.05) is 43.2 Å². The van der Waals surface area contributed by atoms with Crippen molar-refractivity contribution in [3.05, 3.63) is 123 Å². The average molecular weight is 997 g/mol. The number of hydrogen-bond donors (Lipinski definition) is 2. The number of carbonyl (C=O) groups is 7. The van der Waals surface area contributed by atoms with E-state index in [-0.39, 0.29) is 54.1 Å². The number of benzene rings is 3. The summed E-state index contributed by atoms with van der Waals surface area (Å²) in [5.41, 5.74) is -6.25. The van der Waals surface area contributed by atoms with Crippen LogP contribution in [0.3, 0.4) is 0 Å². The molecule has 1 unspecified atom stereocenters. The Kier molecular flexibility index (Phi) is 14.2. The quantitative estimate of drug-likeness (QED) is 0.0444. The average Bonchev–Trinajstić information content (AvgIpc) is 3.31. The molecule has 0 aromatic heterocycles. The fourth-order valence-electron chi connectivity index (χ4n) is 11.5. The maximum Gasteiger partial charge on any atom is 0.516 e. The maximum atomic E-state index is 15.3. The molecule has 72 heavy (non-hydrogen) atoms. The summed E-state index contributed by atoms with van der Waals surface area (Å²) in [5.74, 6) is -6.21. The molecule has 4 fully saturated rings. The van der Waals surface area contributed by atoms with Gasteiger partial charge in [-0.25, -0.2) is 24.1 Å². The molecule has 8 rings (SSSR count). The number of fused-ring (bicyclic) bond motifs is 5. The molecule has 3 aromatic rings. The standard InChI is InChI=1S/C38H41NO14.C15H19NO3/c1-19-25(41)17-38(46)31(51-32(43)22-10-8-7-9-11-22)29-36(6,30(42)20(2)28(19)35(38,4)5)26(16-27-37(29,18-49-27)53-21(3)40)50-34(45)52-33(44)23-12-14-24(15-13-23)39(47)48;1-10-12(11-8-6-5-7-9-11)16(13(10)17)14(18)19-15(2,3)4/h7-15,20,25-27,29,31,41,46H,16-18H2,1-6H3;5-10,12H,1-4H3/t20-,25+,26+,27-,29?,31+,36-,37+,38-;10-,12-/m11/s1. The number of β-lactam (4-membered cyclic amide) rings is 1. The second-order valence-electron chi connectivity index (χ2n) is 20.9. The Balaban J connectivity index is 0.000000334. The zero-order valence-electron chi connectivity index (χ0n) is 41.7. The molecular weight excluding hydrogens is 937 g/mol. The van der Waals surface area contributed by atoms with Gasteiger partial charge in [-0.2, -0.15) is 0 Å². The van der Waals surface area contributed by atoms with Crippen LogP contribution in [0.15, 0.2) is 96.1 Å². The number of aliphatic hydroxyl groups excluding tert-OH is 1. The summed E-state index contributed by atoms with van der Waals surface area (Å²) in [6, 6.07) is 21.6. The third-order valence-corrected chi connectivity index (χ3v) is 15.1. The summed E-state index contributed by atoms with van der Waals surface area (Å²) < 4.78 is 34.3. The normalized spacial score (nSPS) is 31.2. The van der Waals surface area contributed by atoms with Gasteiger partial charge in [0.2, 0.25) is 5.91 Å². The van der Waals surface area contributed by atoms with Crippen molar-refractivity contribution in [2.45, 2.75) is 129 Å². The monoisotopic (exact) mass is 996 g/mol. The second-order valence-corrected chi connectivity index (χ2v) is 20.9. The number of Topliss-reactive ketones (excluding diaryl/α,β-unsaturated/α-hetero) is 1.